The maximum absolute atomic E-state index is 12.7. The minimum absolute atomic E-state index is 0.0326. The molecule has 3 aromatic heterocycles. The van der Waals surface area contributed by atoms with Crippen molar-refractivity contribution in [3.05, 3.63) is 73.4 Å². The van der Waals surface area contributed by atoms with Crippen LogP contribution in [0.3, 0.4) is 0 Å². The highest BCUT2D eigenvalue weighted by atomic mass is 32.1. The highest BCUT2D eigenvalue weighted by Crippen LogP contribution is 2.28. The van der Waals surface area contributed by atoms with Gasteiger partial charge in [-0.1, -0.05) is 12.1 Å². The summed E-state index contributed by atoms with van der Waals surface area (Å²) in [5.74, 6) is 0. The van der Waals surface area contributed by atoms with E-state index in [4.69, 9.17) is 4.98 Å². The monoisotopic (exact) mass is 364 g/mol. The van der Waals surface area contributed by atoms with Gasteiger partial charge in [-0.05, 0) is 37.8 Å². The lowest BCUT2D eigenvalue weighted by Gasteiger charge is -2.10. The number of fused-ring (bicyclic) bond motifs is 4. The van der Waals surface area contributed by atoms with Crippen LogP contribution in [0, 0.1) is 0 Å². The lowest BCUT2D eigenvalue weighted by molar-refractivity contribution is 0.663. The Bertz CT molecular complexity index is 1270. The van der Waals surface area contributed by atoms with Crippen LogP contribution >= 0.6 is 11.3 Å². The minimum Gasteiger partial charge on any atom is -0.287 e. The smallest absolute Gasteiger partial charge is 0.259 e. The van der Waals surface area contributed by atoms with Crippen molar-refractivity contribution < 1.29 is 0 Å². The second-order valence-corrected chi connectivity index (χ2v) is 7.63. The van der Waals surface area contributed by atoms with Crippen LogP contribution in [0.5, 0.6) is 0 Å². The lowest BCUT2D eigenvalue weighted by atomic mass is 10.0. The van der Waals surface area contributed by atoms with E-state index in [1.165, 1.54) is 17.5 Å². The van der Waals surface area contributed by atoms with Gasteiger partial charge in [0.25, 0.3) is 5.56 Å². The Labute approximate surface area is 152 Å². The molecule has 26 heavy (non-hydrogen) atoms. The predicted molar refractivity (Wildman–Crippen MR) is 101 cm³/mol. The molecular weight excluding hydrogens is 348 g/mol. The average molecular weight is 364 g/mol. The fraction of sp³-hybridized carbons (Fsp3) is 0.263. The summed E-state index contributed by atoms with van der Waals surface area (Å²) in [6.45, 7) is 0.356. The third-order valence-electron chi connectivity index (χ3n) is 4.89. The van der Waals surface area contributed by atoms with Gasteiger partial charge in [-0.25, -0.2) is 4.98 Å². The first kappa shape index (κ1) is 15.5. The van der Waals surface area contributed by atoms with Crippen molar-refractivity contribution in [2.75, 3.05) is 0 Å². The number of para-hydroxylation sites is 1. The molecule has 0 fully saturated rings. The molecule has 0 saturated carbocycles. The molecular formula is C19H16N4O2S. The molecule has 6 nitrogen and oxygen atoms in total. The quantitative estimate of drug-likeness (QED) is 0.548. The van der Waals surface area contributed by atoms with E-state index in [2.05, 4.69) is 5.10 Å². The number of aromatic nitrogens is 4. The van der Waals surface area contributed by atoms with Gasteiger partial charge in [-0.2, -0.15) is 5.10 Å². The van der Waals surface area contributed by atoms with Crippen molar-refractivity contribution >= 4 is 27.2 Å². The third-order valence-corrected chi connectivity index (χ3v) is 6.03. The summed E-state index contributed by atoms with van der Waals surface area (Å²) in [7, 11) is 0. The van der Waals surface area contributed by atoms with Crippen LogP contribution < -0.4 is 11.0 Å². The second-order valence-electron chi connectivity index (χ2n) is 6.57. The highest BCUT2D eigenvalue weighted by molar-refractivity contribution is 7.17. The summed E-state index contributed by atoms with van der Waals surface area (Å²) in [5.41, 5.74) is 2.40. The average Bonchev–Trinajstić information content (AvgIpc) is 3.03. The number of nitrogens with zero attached hydrogens (tertiary/aromatic N) is 4. The van der Waals surface area contributed by atoms with Crippen molar-refractivity contribution in [1.82, 2.24) is 19.2 Å². The topological polar surface area (TPSA) is 69.3 Å². The molecule has 0 bridgehead atoms. The lowest BCUT2D eigenvalue weighted by Crippen LogP contribution is -2.20. The van der Waals surface area contributed by atoms with E-state index in [9.17, 15) is 9.59 Å². The zero-order valence-electron chi connectivity index (χ0n) is 14.0. The molecule has 5 rings (SSSR count). The molecule has 1 aliphatic carbocycles. The Balaban J connectivity index is 1.64. The SMILES string of the molecule is O=c1cnn(Cc2cc(=O)n3c4c(sc3n2)CCCC4)c2ccccc12. The van der Waals surface area contributed by atoms with Crippen LogP contribution in [0.4, 0.5) is 0 Å². The third kappa shape index (κ3) is 2.39. The molecule has 3 heterocycles. The molecule has 4 aromatic rings. The van der Waals surface area contributed by atoms with Crippen LogP contribution in [0.1, 0.15) is 29.1 Å². The van der Waals surface area contributed by atoms with E-state index in [0.717, 1.165) is 35.4 Å². The van der Waals surface area contributed by atoms with E-state index in [1.807, 2.05) is 18.2 Å². The fourth-order valence-corrected chi connectivity index (χ4v) is 4.90. The molecule has 1 aromatic carbocycles. The van der Waals surface area contributed by atoms with E-state index in [-0.39, 0.29) is 11.0 Å². The molecule has 0 radical (unpaired) electrons. The van der Waals surface area contributed by atoms with Crippen molar-refractivity contribution in [1.29, 1.82) is 0 Å². The largest absolute Gasteiger partial charge is 0.287 e. The van der Waals surface area contributed by atoms with Crippen molar-refractivity contribution in [3.63, 3.8) is 0 Å². The second kappa shape index (κ2) is 5.88. The van der Waals surface area contributed by atoms with Gasteiger partial charge >= 0.3 is 0 Å². The summed E-state index contributed by atoms with van der Waals surface area (Å²) in [6, 6.07) is 8.94. The van der Waals surface area contributed by atoms with Crippen LogP contribution in [0.25, 0.3) is 15.9 Å². The standard InChI is InChI=1S/C19H16N4O2S/c24-16-10-20-22(14-6-2-1-5-13(14)16)11-12-9-18(25)23-15-7-3-4-8-17(15)26-19(23)21-12/h1-2,5-6,9-10H,3-4,7-8,11H2. The van der Waals surface area contributed by atoms with Crippen molar-refractivity contribution in [3.8, 4) is 0 Å². The molecule has 7 heteroatoms. The number of benzene rings is 1. The Hall–Kier alpha value is -2.80. The summed E-state index contributed by atoms with van der Waals surface area (Å²) < 4.78 is 3.49. The summed E-state index contributed by atoms with van der Waals surface area (Å²) in [6.07, 6.45) is 5.60. The van der Waals surface area contributed by atoms with Gasteiger partial charge in [-0.3, -0.25) is 18.7 Å². The molecule has 0 unspecified atom stereocenters. The van der Waals surface area contributed by atoms with Crippen LogP contribution in [-0.2, 0) is 19.4 Å². The molecule has 0 atom stereocenters. The normalized spacial score (nSPS) is 14.0. The Kier molecular flexibility index (Phi) is 3.49. The molecule has 0 aliphatic heterocycles. The Morgan fingerprint density at radius 1 is 1.12 bits per heavy atom. The number of thiazole rings is 1. The van der Waals surface area contributed by atoms with Gasteiger partial charge in [-0.15, -0.1) is 11.3 Å². The maximum atomic E-state index is 12.7. The molecule has 0 saturated heterocycles. The summed E-state index contributed by atoms with van der Waals surface area (Å²) in [4.78, 5) is 31.4. The van der Waals surface area contributed by atoms with E-state index >= 15 is 0 Å². The predicted octanol–water partition coefficient (Wildman–Crippen LogP) is 2.39. The molecule has 1 aliphatic rings. The van der Waals surface area contributed by atoms with Gasteiger partial charge < -0.3 is 0 Å². The van der Waals surface area contributed by atoms with Gasteiger partial charge in [0.05, 0.1) is 24.0 Å². The maximum Gasteiger partial charge on any atom is 0.259 e. The molecule has 0 N–H and O–H groups in total. The molecule has 0 spiro atoms. The van der Waals surface area contributed by atoms with Crippen LogP contribution in [-0.4, -0.2) is 19.2 Å². The zero-order valence-corrected chi connectivity index (χ0v) is 14.8. The van der Waals surface area contributed by atoms with Gasteiger partial charge in [0.2, 0.25) is 5.43 Å². The summed E-state index contributed by atoms with van der Waals surface area (Å²) in [5, 5.41) is 4.85. The number of rotatable bonds is 2. The number of hydrogen-bond donors (Lipinski definition) is 0. The van der Waals surface area contributed by atoms with E-state index in [1.54, 1.807) is 32.6 Å². The highest BCUT2D eigenvalue weighted by Gasteiger charge is 2.18. The minimum atomic E-state index is -0.105. The first-order valence-corrected chi connectivity index (χ1v) is 9.50. The van der Waals surface area contributed by atoms with Gasteiger partial charge in [0.1, 0.15) is 0 Å². The molecule has 0 amide bonds. The summed E-state index contributed by atoms with van der Waals surface area (Å²) >= 11 is 1.62. The number of aryl methyl sites for hydroxylation is 2. The van der Waals surface area contributed by atoms with Gasteiger partial charge in [0, 0.05) is 22.0 Å². The van der Waals surface area contributed by atoms with Crippen molar-refractivity contribution in [2.45, 2.75) is 32.2 Å². The molecule has 130 valence electrons. The van der Waals surface area contributed by atoms with E-state index in [0.29, 0.717) is 17.6 Å². The Morgan fingerprint density at radius 3 is 2.88 bits per heavy atom. The fourth-order valence-electron chi connectivity index (χ4n) is 3.66. The first-order chi connectivity index (χ1) is 12.7. The zero-order chi connectivity index (χ0) is 17.7. The van der Waals surface area contributed by atoms with Crippen molar-refractivity contribution in [2.24, 2.45) is 0 Å². The first-order valence-electron chi connectivity index (χ1n) is 8.69. The Morgan fingerprint density at radius 2 is 1.96 bits per heavy atom. The number of hydrogen-bond acceptors (Lipinski definition) is 5. The van der Waals surface area contributed by atoms with Gasteiger partial charge in [0.15, 0.2) is 4.96 Å². The van der Waals surface area contributed by atoms with E-state index < -0.39 is 0 Å². The van der Waals surface area contributed by atoms with Crippen LogP contribution in [0.2, 0.25) is 0 Å². The van der Waals surface area contributed by atoms with Crippen LogP contribution in [0.15, 0.2) is 46.1 Å².